The summed E-state index contributed by atoms with van der Waals surface area (Å²) in [7, 11) is 1.76. The van der Waals surface area contributed by atoms with Gasteiger partial charge in [0.15, 0.2) is 0 Å². The third-order valence-corrected chi connectivity index (χ3v) is 5.28. The van der Waals surface area contributed by atoms with Gasteiger partial charge in [-0.25, -0.2) is 0 Å². The molecule has 1 aliphatic heterocycles. The SMILES string of the molecule is CN(Cc1ccccc1NC(=O)[C@@H]1CC[C@H](CN)O1)C(=O)c1cccs1.Cl. The van der Waals surface area contributed by atoms with E-state index in [1.165, 1.54) is 11.3 Å². The van der Waals surface area contributed by atoms with E-state index in [0.717, 1.165) is 12.0 Å². The van der Waals surface area contributed by atoms with Crippen molar-refractivity contribution >= 4 is 41.2 Å². The predicted molar refractivity (Wildman–Crippen MR) is 109 cm³/mol. The van der Waals surface area contributed by atoms with Gasteiger partial charge in [-0.1, -0.05) is 24.3 Å². The summed E-state index contributed by atoms with van der Waals surface area (Å²) >= 11 is 1.42. The molecule has 1 aromatic carbocycles. The lowest BCUT2D eigenvalue weighted by molar-refractivity contribution is -0.126. The Morgan fingerprint density at radius 2 is 2.04 bits per heavy atom. The number of nitrogens with one attached hydrogen (secondary N) is 1. The molecule has 2 atom stereocenters. The number of amides is 2. The first-order valence-electron chi connectivity index (χ1n) is 8.61. The highest BCUT2D eigenvalue weighted by atomic mass is 35.5. The number of hydrogen-bond donors (Lipinski definition) is 2. The van der Waals surface area contributed by atoms with Gasteiger partial charge in [-0.3, -0.25) is 9.59 Å². The Bertz CT molecular complexity index is 769. The number of ether oxygens (including phenoxy) is 1. The van der Waals surface area contributed by atoms with Crippen molar-refractivity contribution in [3.8, 4) is 0 Å². The molecule has 27 heavy (non-hydrogen) atoms. The standard InChI is InChI=1S/C19H23N3O3S.ClH/c1-22(19(24)17-7-4-10-26-17)12-13-5-2-3-6-15(13)21-18(23)16-9-8-14(11-20)25-16;/h2-7,10,14,16H,8-9,11-12,20H2,1H3,(H,21,23);1H/t14-,16+;/m1./s1. The van der Waals surface area contributed by atoms with E-state index >= 15 is 0 Å². The molecule has 0 aliphatic carbocycles. The number of hydrogen-bond acceptors (Lipinski definition) is 5. The van der Waals surface area contributed by atoms with E-state index in [0.29, 0.717) is 30.1 Å². The van der Waals surface area contributed by atoms with Crippen molar-refractivity contribution in [1.82, 2.24) is 4.90 Å². The molecule has 146 valence electrons. The van der Waals surface area contributed by atoms with Crippen LogP contribution in [0.3, 0.4) is 0 Å². The van der Waals surface area contributed by atoms with Gasteiger partial charge < -0.3 is 20.7 Å². The van der Waals surface area contributed by atoms with Gasteiger partial charge in [0, 0.05) is 25.8 Å². The van der Waals surface area contributed by atoms with E-state index in [9.17, 15) is 9.59 Å². The molecule has 1 saturated heterocycles. The first-order valence-corrected chi connectivity index (χ1v) is 9.49. The fourth-order valence-corrected chi connectivity index (χ4v) is 3.70. The molecular formula is C19H24ClN3O3S. The topological polar surface area (TPSA) is 84.7 Å². The van der Waals surface area contributed by atoms with Crippen molar-refractivity contribution < 1.29 is 14.3 Å². The van der Waals surface area contributed by atoms with E-state index in [-0.39, 0.29) is 30.3 Å². The van der Waals surface area contributed by atoms with E-state index in [1.54, 1.807) is 11.9 Å². The number of carbonyl (C=O) groups is 2. The first kappa shape index (κ1) is 21.4. The zero-order valence-electron chi connectivity index (χ0n) is 15.1. The van der Waals surface area contributed by atoms with Crippen molar-refractivity contribution in [3.63, 3.8) is 0 Å². The lowest BCUT2D eigenvalue weighted by Gasteiger charge is -2.20. The van der Waals surface area contributed by atoms with Gasteiger partial charge in [-0.15, -0.1) is 23.7 Å². The summed E-state index contributed by atoms with van der Waals surface area (Å²) in [4.78, 5) is 27.3. The minimum atomic E-state index is -0.470. The van der Waals surface area contributed by atoms with Crippen LogP contribution in [0.25, 0.3) is 0 Å². The molecule has 0 radical (unpaired) electrons. The summed E-state index contributed by atoms with van der Waals surface area (Å²) in [6.07, 6.45) is 0.957. The van der Waals surface area contributed by atoms with Crippen LogP contribution in [0.15, 0.2) is 41.8 Å². The molecule has 2 amide bonds. The van der Waals surface area contributed by atoms with Crippen molar-refractivity contribution in [1.29, 1.82) is 0 Å². The van der Waals surface area contributed by atoms with Gasteiger partial charge >= 0.3 is 0 Å². The number of benzene rings is 1. The molecule has 0 saturated carbocycles. The average molecular weight is 410 g/mol. The summed E-state index contributed by atoms with van der Waals surface area (Å²) < 4.78 is 5.65. The van der Waals surface area contributed by atoms with Crippen LogP contribution < -0.4 is 11.1 Å². The maximum absolute atomic E-state index is 12.5. The number of halogens is 1. The Hall–Kier alpha value is -1.93. The Kier molecular flexibility index (Phi) is 7.79. The van der Waals surface area contributed by atoms with Crippen LogP contribution in [0, 0.1) is 0 Å². The number of rotatable bonds is 6. The third-order valence-electron chi connectivity index (χ3n) is 4.42. The minimum absolute atomic E-state index is 0. The summed E-state index contributed by atoms with van der Waals surface area (Å²) in [6.45, 7) is 0.833. The number of thiophene rings is 1. The summed E-state index contributed by atoms with van der Waals surface area (Å²) in [6, 6.07) is 11.2. The second-order valence-electron chi connectivity index (χ2n) is 6.34. The van der Waals surface area contributed by atoms with Crippen LogP contribution in [0.5, 0.6) is 0 Å². The Labute approximate surface area is 169 Å². The largest absolute Gasteiger partial charge is 0.364 e. The first-order chi connectivity index (χ1) is 12.6. The van der Waals surface area contributed by atoms with Crippen LogP contribution in [-0.4, -0.2) is 42.5 Å². The van der Waals surface area contributed by atoms with Crippen molar-refractivity contribution in [2.24, 2.45) is 5.73 Å². The van der Waals surface area contributed by atoms with E-state index < -0.39 is 6.10 Å². The van der Waals surface area contributed by atoms with Gasteiger partial charge in [0.2, 0.25) is 0 Å². The molecular weight excluding hydrogens is 386 g/mol. The second-order valence-corrected chi connectivity index (χ2v) is 7.29. The maximum atomic E-state index is 12.5. The molecule has 6 nitrogen and oxygen atoms in total. The molecule has 3 rings (SSSR count). The number of anilines is 1. The number of nitrogens with zero attached hydrogens (tertiary/aromatic N) is 1. The van der Waals surface area contributed by atoms with Gasteiger partial charge in [0.1, 0.15) is 6.10 Å². The van der Waals surface area contributed by atoms with Gasteiger partial charge in [-0.2, -0.15) is 0 Å². The average Bonchev–Trinajstić information content (AvgIpc) is 3.34. The lowest BCUT2D eigenvalue weighted by Crippen LogP contribution is -2.31. The zero-order chi connectivity index (χ0) is 18.5. The van der Waals surface area contributed by atoms with E-state index in [4.69, 9.17) is 10.5 Å². The fraction of sp³-hybridized carbons (Fsp3) is 0.368. The van der Waals surface area contributed by atoms with Crippen LogP contribution in [0.1, 0.15) is 28.1 Å². The molecule has 1 aliphatic rings. The molecule has 1 fully saturated rings. The molecule has 0 unspecified atom stereocenters. The van der Waals surface area contributed by atoms with Crippen LogP contribution in [-0.2, 0) is 16.1 Å². The molecule has 1 aromatic heterocycles. The van der Waals surface area contributed by atoms with Gasteiger partial charge in [0.25, 0.3) is 11.8 Å². The van der Waals surface area contributed by atoms with Crippen LogP contribution in [0.2, 0.25) is 0 Å². The summed E-state index contributed by atoms with van der Waals surface area (Å²) in [5.41, 5.74) is 7.18. The van der Waals surface area contributed by atoms with Gasteiger partial charge in [0.05, 0.1) is 11.0 Å². The fourth-order valence-electron chi connectivity index (χ4n) is 2.98. The predicted octanol–water partition coefficient (Wildman–Crippen LogP) is 2.89. The van der Waals surface area contributed by atoms with Crippen molar-refractivity contribution in [2.45, 2.75) is 31.6 Å². The number of nitrogens with two attached hydrogens (primary N) is 1. The molecule has 0 bridgehead atoms. The molecule has 8 heteroatoms. The summed E-state index contributed by atoms with van der Waals surface area (Å²) in [5, 5.41) is 4.82. The summed E-state index contributed by atoms with van der Waals surface area (Å²) in [5.74, 6) is -0.202. The minimum Gasteiger partial charge on any atom is -0.364 e. The van der Waals surface area contributed by atoms with Crippen molar-refractivity contribution in [2.75, 3.05) is 18.9 Å². The Morgan fingerprint density at radius 3 is 2.70 bits per heavy atom. The van der Waals surface area contributed by atoms with E-state index in [1.807, 2.05) is 41.8 Å². The third kappa shape index (κ3) is 5.29. The molecule has 2 heterocycles. The number of para-hydroxylation sites is 1. The van der Waals surface area contributed by atoms with Crippen LogP contribution >= 0.6 is 23.7 Å². The molecule has 2 aromatic rings. The smallest absolute Gasteiger partial charge is 0.263 e. The highest BCUT2D eigenvalue weighted by Gasteiger charge is 2.30. The van der Waals surface area contributed by atoms with Gasteiger partial charge in [-0.05, 0) is 35.9 Å². The molecule has 3 N–H and O–H groups in total. The van der Waals surface area contributed by atoms with Crippen LogP contribution in [0.4, 0.5) is 5.69 Å². The van der Waals surface area contributed by atoms with E-state index in [2.05, 4.69) is 5.32 Å². The highest BCUT2D eigenvalue weighted by molar-refractivity contribution is 7.12. The highest BCUT2D eigenvalue weighted by Crippen LogP contribution is 2.23. The quantitative estimate of drug-likeness (QED) is 0.768. The number of carbonyl (C=O) groups excluding carboxylic acids is 2. The maximum Gasteiger partial charge on any atom is 0.263 e. The monoisotopic (exact) mass is 409 g/mol. The normalized spacial score (nSPS) is 18.6. The van der Waals surface area contributed by atoms with Crippen molar-refractivity contribution in [3.05, 3.63) is 52.2 Å². The zero-order valence-corrected chi connectivity index (χ0v) is 16.7. The lowest BCUT2D eigenvalue weighted by atomic mass is 10.1. The Morgan fingerprint density at radius 1 is 1.26 bits per heavy atom. The Balaban J connectivity index is 0.00000261. The molecule has 0 spiro atoms. The second kappa shape index (κ2) is 9.85.